The molecule has 0 bridgehead atoms. The molecule has 0 aliphatic carbocycles. The van der Waals surface area contributed by atoms with Crippen molar-refractivity contribution in [1.29, 1.82) is 0 Å². The minimum absolute atomic E-state index is 0.0490. The minimum atomic E-state index is -4.29. The maximum absolute atomic E-state index is 13.6. The van der Waals surface area contributed by atoms with Crippen molar-refractivity contribution in [3.63, 3.8) is 0 Å². The molecule has 0 radical (unpaired) electrons. The van der Waals surface area contributed by atoms with Gasteiger partial charge in [-0.3, -0.25) is 0 Å². The Hall–Kier alpha value is -1.45. The summed E-state index contributed by atoms with van der Waals surface area (Å²) in [5.74, 6) is 0. The molecule has 1 aliphatic rings. The number of alkyl halides is 3. The number of hydrogen-bond donors (Lipinski definition) is 0. The van der Waals surface area contributed by atoms with E-state index in [0.29, 0.717) is 12.2 Å². The van der Waals surface area contributed by atoms with Gasteiger partial charge in [0.2, 0.25) is 0 Å². The molecule has 1 unspecified atom stereocenters. The Labute approximate surface area is 112 Å². The van der Waals surface area contributed by atoms with Crippen LogP contribution in [0.15, 0.2) is 48.7 Å². The van der Waals surface area contributed by atoms with Gasteiger partial charge in [-0.2, -0.15) is 13.2 Å². The van der Waals surface area contributed by atoms with E-state index in [0.717, 1.165) is 0 Å². The van der Waals surface area contributed by atoms with E-state index in [-0.39, 0.29) is 18.5 Å². The number of allylic oxidation sites excluding steroid dienone is 5. The van der Waals surface area contributed by atoms with Crippen molar-refractivity contribution in [3.8, 4) is 0 Å². The molecular weight excluding hydrogens is 251 g/mol. The van der Waals surface area contributed by atoms with Crippen molar-refractivity contribution >= 4 is 0 Å². The Balaban J connectivity index is 3.27. The number of halogens is 3. The van der Waals surface area contributed by atoms with E-state index in [1.165, 1.54) is 18.2 Å². The van der Waals surface area contributed by atoms with Crippen molar-refractivity contribution in [3.05, 3.63) is 48.7 Å². The molecule has 1 nitrogen and oxygen atoms in total. The van der Waals surface area contributed by atoms with E-state index in [2.05, 4.69) is 13.2 Å². The molecule has 1 heterocycles. The summed E-state index contributed by atoms with van der Waals surface area (Å²) in [4.78, 5) is 1.69. The second-order valence-electron chi connectivity index (χ2n) is 4.84. The molecular formula is C15H20F3N. The third kappa shape index (κ3) is 2.94. The second-order valence-corrected chi connectivity index (χ2v) is 4.84. The van der Waals surface area contributed by atoms with Gasteiger partial charge in [0.1, 0.15) is 5.41 Å². The summed E-state index contributed by atoms with van der Waals surface area (Å²) in [6, 6.07) is 0. The van der Waals surface area contributed by atoms with Gasteiger partial charge in [-0.15, -0.1) is 0 Å². The Kier molecular flexibility index (Phi) is 4.66. The van der Waals surface area contributed by atoms with Gasteiger partial charge >= 0.3 is 6.18 Å². The van der Waals surface area contributed by atoms with Crippen molar-refractivity contribution < 1.29 is 13.2 Å². The predicted molar refractivity (Wildman–Crippen MR) is 72.6 cm³/mol. The lowest BCUT2D eigenvalue weighted by Gasteiger charge is -2.33. The molecule has 0 aromatic carbocycles. The first kappa shape index (κ1) is 15.6. The van der Waals surface area contributed by atoms with Gasteiger partial charge in [-0.05, 0) is 25.8 Å². The van der Waals surface area contributed by atoms with Gasteiger partial charge in [0.25, 0.3) is 0 Å². The maximum Gasteiger partial charge on any atom is 0.400 e. The summed E-state index contributed by atoms with van der Waals surface area (Å²) in [6.45, 7) is 11.0. The highest BCUT2D eigenvalue weighted by Gasteiger charge is 2.59. The van der Waals surface area contributed by atoms with Crippen molar-refractivity contribution in [1.82, 2.24) is 4.90 Å². The fourth-order valence-electron chi connectivity index (χ4n) is 2.45. The Morgan fingerprint density at radius 3 is 2.37 bits per heavy atom. The van der Waals surface area contributed by atoms with Crippen LogP contribution in [0.3, 0.4) is 0 Å². The Morgan fingerprint density at radius 2 is 2.00 bits per heavy atom. The standard InChI is InChI=1S/C15H20F3N/c1-5-7-13(8-6-2)14(15(16,17)18)9-10-19(11-14)12(3)4/h5-8H,1,3,9-11H2,2,4H3/b8-6-,13-7+. The molecule has 1 saturated heterocycles. The van der Waals surface area contributed by atoms with E-state index >= 15 is 0 Å². The maximum atomic E-state index is 13.6. The van der Waals surface area contributed by atoms with Crippen molar-refractivity contribution in [2.24, 2.45) is 5.41 Å². The fraction of sp³-hybridized carbons (Fsp3) is 0.467. The summed E-state index contributed by atoms with van der Waals surface area (Å²) >= 11 is 0. The summed E-state index contributed by atoms with van der Waals surface area (Å²) in [6.07, 6.45) is 1.78. The highest BCUT2D eigenvalue weighted by molar-refractivity contribution is 5.34. The van der Waals surface area contributed by atoms with Crippen LogP contribution in [0.5, 0.6) is 0 Å². The molecule has 1 fully saturated rings. The smallest absolute Gasteiger partial charge is 0.374 e. The highest BCUT2D eigenvalue weighted by Crippen LogP contribution is 2.51. The third-order valence-electron chi connectivity index (χ3n) is 3.55. The molecule has 0 aromatic rings. The molecule has 1 atom stereocenters. The van der Waals surface area contributed by atoms with E-state index in [4.69, 9.17) is 0 Å². The van der Waals surface area contributed by atoms with Crippen LogP contribution in [0.2, 0.25) is 0 Å². The van der Waals surface area contributed by atoms with Crippen LogP contribution >= 0.6 is 0 Å². The van der Waals surface area contributed by atoms with Gasteiger partial charge in [0, 0.05) is 18.8 Å². The molecule has 4 heteroatoms. The third-order valence-corrected chi connectivity index (χ3v) is 3.55. The fourth-order valence-corrected chi connectivity index (χ4v) is 2.45. The summed E-state index contributed by atoms with van der Waals surface area (Å²) in [7, 11) is 0. The number of nitrogens with zero attached hydrogens (tertiary/aromatic N) is 1. The molecule has 19 heavy (non-hydrogen) atoms. The zero-order valence-corrected chi connectivity index (χ0v) is 11.4. The minimum Gasteiger partial charge on any atom is -0.374 e. The first-order valence-corrected chi connectivity index (χ1v) is 6.21. The first-order chi connectivity index (χ1) is 8.78. The predicted octanol–water partition coefficient (Wildman–Crippen LogP) is 4.46. The molecule has 0 N–H and O–H groups in total. The number of likely N-dealkylation sites (tertiary alicyclic amines) is 1. The quantitative estimate of drug-likeness (QED) is 0.682. The monoisotopic (exact) mass is 271 g/mol. The lowest BCUT2D eigenvalue weighted by molar-refractivity contribution is -0.203. The average molecular weight is 271 g/mol. The molecule has 1 aliphatic heterocycles. The summed E-state index contributed by atoms with van der Waals surface area (Å²) in [5, 5.41) is 0. The van der Waals surface area contributed by atoms with Crippen molar-refractivity contribution in [2.45, 2.75) is 26.4 Å². The van der Waals surface area contributed by atoms with E-state index < -0.39 is 11.6 Å². The van der Waals surface area contributed by atoms with Crippen LogP contribution in [-0.4, -0.2) is 24.2 Å². The number of hydrogen-bond acceptors (Lipinski definition) is 1. The molecule has 0 spiro atoms. The summed E-state index contributed by atoms with van der Waals surface area (Å²) < 4.78 is 40.8. The Bertz CT molecular complexity index is 418. The lowest BCUT2D eigenvalue weighted by atomic mass is 9.77. The Morgan fingerprint density at radius 1 is 1.37 bits per heavy atom. The van der Waals surface area contributed by atoms with Crippen LogP contribution in [0.25, 0.3) is 0 Å². The van der Waals surface area contributed by atoms with E-state index in [9.17, 15) is 13.2 Å². The van der Waals surface area contributed by atoms with Gasteiger partial charge in [0.15, 0.2) is 0 Å². The first-order valence-electron chi connectivity index (χ1n) is 6.21. The SMILES string of the molecule is C=C/C=C(\C=C/C)C1(C(F)(F)F)CCN(C(=C)C)C1. The number of rotatable bonds is 4. The van der Waals surface area contributed by atoms with Crippen LogP contribution in [0.4, 0.5) is 13.2 Å². The van der Waals surface area contributed by atoms with Crippen LogP contribution in [0, 0.1) is 5.41 Å². The zero-order valence-electron chi connectivity index (χ0n) is 11.4. The average Bonchev–Trinajstić information content (AvgIpc) is 2.74. The second kappa shape index (κ2) is 5.68. The van der Waals surface area contributed by atoms with E-state index in [1.807, 2.05) is 0 Å². The molecule has 0 aromatic heterocycles. The molecule has 0 saturated carbocycles. The van der Waals surface area contributed by atoms with Gasteiger partial charge in [-0.25, -0.2) is 0 Å². The van der Waals surface area contributed by atoms with Crippen LogP contribution in [0.1, 0.15) is 20.3 Å². The molecule has 1 rings (SSSR count). The molecule has 0 amide bonds. The normalized spacial score (nSPS) is 25.1. The molecule has 106 valence electrons. The van der Waals surface area contributed by atoms with Crippen LogP contribution < -0.4 is 0 Å². The summed E-state index contributed by atoms with van der Waals surface area (Å²) in [5.41, 5.74) is -0.891. The lowest BCUT2D eigenvalue weighted by Crippen LogP contribution is -2.41. The largest absolute Gasteiger partial charge is 0.400 e. The van der Waals surface area contributed by atoms with Gasteiger partial charge in [0.05, 0.1) is 0 Å². The van der Waals surface area contributed by atoms with Gasteiger partial charge in [-0.1, -0.05) is 37.5 Å². The van der Waals surface area contributed by atoms with Crippen LogP contribution in [-0.2, 0) is 0 Å². The van der Waals surface area contributed by atoms with E-state index in [1.54, 1.807) is 24.8 Å². The van der Waals surface area contributed by atoms with Crippen molar-refractivity contribution in [2.75, 3.05) is 13.1 Å². The topological polar surface area (TPSA) is 3.24 Å². The zero-order chi connectivity index (χ0) is 14.7. The highest BCUT2D eigenvalue weighted by atomic mass is 19.4. The van der Waals surface area contributed by atoms with Gasteiger partial charge < -0.3 is 4.90 Å².